The molecule has 0 aliphatic rings. The molecule has 4 N–H and O–H groups in total. The first kappa shape index (κ1) is 20.0. The van der Waals surface area contributed by atoms with Gasteiger partial charge in [0.1, 0.15) is 0 Å². The van der Waals surface area contributed by atoms with Gasteiger partial charge in [-0.2, -0.15) is 0 Å². The second-order valence-electron chi connectivity index (χ2n) is 5.67. The van der Waals surface area contributed by atoms with E-state index in [9.17, 15) is 0 Å². The van der Waals surface area contributed by atoms with E-state index in [0.29, 0.717) is 26.0 Å². The van der Waals surface area contributed by atoms with Crippen LogP contribution in [-0.2, 0) is 8.85 Å². The lowest BCUT2D eigenvalue weighted by atomic mass is 9.95. The molecule has 0 aliphatic carbocycles. The summed E-state index contributed by atoms with van der Waals surface area (Å²) < 4.78 is 12.3. The minimum atomic E-state index is -2.25. The third-order valence-corrected chi connectivity index (χ3v) is 6.56. The molecule has 0 heterocycles. The Labute approximate surface area is 124 Å². The molecular formula is C14H33NO4Si. The van der Waals surface area contributed by atoms with Gasteiger partial charge in [0.15, 0.2) is 0 Å². The van der Waals surface area contributed by atoms with Gasteiger partial charge in [0, 0.05) is 19.8 Å². The molecule has 0 aromatic rings. The van der Waals surface area contributed by atoms with Crippen molar-refractivity contribution in [3.63, 3.8) is 0 Å². The number of aliphatic hydroxyl groups is 2. The van der Waals surface area contributed by atoms with Crippen molar-refractivity contribution in [2.45, 2.75) is 64.1 Å². The van der Waals surface area contributed by atoms with Crippen molar-refractivity contribution in [3.8, 4) is 0 Å². The van der Waals surface area contributed by atoms with E-state index < -0.39 is 8.56 Å². The van der Waals surface area contributed by atoms with Gasteiger partial charge in [0.25, 0.3) is 0 Å². The van der Waals surface area contributed by atoms with Crippen LogP contribution < -0.4 is 5.73 Å². The zero-order chi connectivity index (χ0) is 15.5. The number of aliphatic hydroxyl groups excluding tert-OH is 2. The normalized spacial score (nSPS) is 15.3. The molecule has 0 spiro atoms. The smallest absolute Gasteiger partial charge is 0.335 e. The lowest BCUT2D eigenvalue weighted by Gasteiger charge is -2.39. The highest BCUT2D eigenvalue weighted by Gasteiger charge is 2.38. The first-order valence-electron chi connectivity index (χ1n) is 7.71. The van der Waals surface area contributed by atoms with Crippen LogP contribution in [0.4, 0.5) is 0 Å². The third kappa shape index (κ3) is 8.34. The fraction of sp³-hybridized carbons (Fsp3) is 1.00. The van der Waals surface area contributed by atoms with Gasteiger partial charge in [-0.15, -0.1) is 0 Å². The molecule has 0 aliphatic heterocycles. The van der Waals surface area contributed by atoms with Crippen LogP contribution in [0.5, 0.6) is 0 Å². The Bertz CT molecular complexity index is 235. The average Bonchev–Trinajstić information content (AvgIpc) is 2.41. The van der Waals surface area contributed by atoms with Gasteiger partial charge < -0.3 is 24.8 Å². The molecule has 0 rings (SSSR count). The Kier molecular flexibility index (Phi) is 10.7. The average molecular weight is 308 g/mol. The van der Waals surface area contributed by atoms with Gasteiger partial charge in [-0.05, 0) is 65.1 Å². The van der Waals surface area contributed by atoms with Gasteiger partial charge >= 0.3 is 8.56 Å². The molecule has 122 valence electrons. The maximum Gasteiger partial charge on any atom is 0.335 e. The number of hydrogen-bond acceptors (Lipinski definition) is 5. The van der Waals surface area contributed by atoms with E-state index in [2.05, 4.69) is 13.5 Å². The Morgan fingerprint density at radius 2 is 1.65 bits per heavy atom. The minimum Gasteiger partial charge on any atom is -0.396 e. The SMILES string of the molecule is CCO[Si](C)(CCCN)OC(C)(CCCO)CCCO. The molecule has 0 amide bonds. The van der Waals surface area contributed by atoms with Crippen LogP contribution in [0.1, 0.15) is 46.0 Å². The number of nitrogens with two attached hydrogens (primary N) is 1. The van der Waals surface area contributed by atoms with E-state index >= 15 is 0 Å². The quantitative estimate of drug-likeness (QED) is 0.452. The zero-order valence-corrected chi connectivity index (χ0v) is 14.4. The van der Waals surface area contributed by atoms with E-state index in [1.165, 1.54) is 0 Å². The van der Waals surface area contributed by atoms with Crippen LogP contribution in [0.25, 0.3) is 0 Å². The summed E-state index contributed by atoms with van der Waals surface area (Å²) in [5.41, 5.74) is 5.26. The first-order valence-corrected chi connectivity index (χ1v) is 10.2. The van der Waals surface area contributed by atoms with Gasteiger partial charge in [-0.25, -0.2) is 0 Å². The monoisotopic (exact) mass is 307 g/mol. The van der Waals surface area contributed by atoms with Gasteiger partial charge in [0.05, 0.1) is 5.60 Å². The summed E-state index contributed by atoms with van der Waals surface area (Å²) in [6.07, 6.45) is 3.87. The predicted molar refractivity (Wildman–Crippen MR) is 83.9 cm³/mol. The molecule has 0 radical (unpaired) electrons. The van der Waals surface area contributed by atoms with Crippen molar-refractivity contribution in [3.05, 3.63) is 0 Å². The number of rotatable bonds is 13. The summed E-state index contributed by atoms with van der Waals surface area (Å²) in [6, 6.07) is 0.880. The summed E-state index contributed by atoms with van der Waals surface area (Å²) >= 11 is 0. The summed E-state index contributed by atoms with van der Waals surface area (Å²) in [5.74, 6) is 0. The van der Waals surface area contributed by atoms with Gasteiger partial charge in [0.2, 0.25) is 0 Å². The molecule has 0 aromatic carbocycles. The van der Waals surface area contributed by atoms with E-state index in [4.69, 9.17) is 24.8 Å². The van der Waals surface area contributed by atoms with E-state index in [-0.39, 0.29) is 18.8 Å². The Morgan fingerprint density at radius 3 is 2.05 bits per heavy atom. The van der Waals surface area contributed by atoms with Crippen molar-refractivity contribution in [2.75, 3.05) is 26.4 Å². The molecule has 5 nitrogen and oxygen atoms in total. The van der Waals surface area contributed by atoms with E-state index in [1.54, 1.807) is 0 Å². The summed E-state index contributed by atoms with van der Waals surface area (Å²) in [6.45, 7) is 7.73. The maximum absolute atomic E-state index is 9.06. The van der Waals surface area contributed by atoms with Crippen LogP contribution in [0.2, 0.25) is 12.6 Å². The molecular weight excluding hydrogens is 274 g/mol. The van der Waals surface area contributed by atoms with Crippen LogP contribution in [0.3, 0.4) is 0 Å². The fourth-order valence-electron chi connectivity index (χ4n) is 2.54. The highest BCUT2D eigenvalue weighted by Crippen LogP contribution is 2.30. The van der Waals surface area contributed by atoms with Crippen molar-refractivity contribution in [1.29, 1.82) is 0 Å². The Morgan fingerprint density at radius 1 is 1.10 bits per heavy atom. The minimum absolute atomic E-state index is 0.160. The van der Waals surface area contributed by atoms with Crippen LogP contribution in [0, 0.1) is 0 Å². The molecule has 0 fully saturated rings. The van der Waals surface area contributed by atoms with E-state index in [0.717, 1.165) is 25.3 Å². The Hall–Kier alpha value is 0.0169. The highest BCUT2D eigenvalue weighted by molar-refractivity contribution is 6.66. The molecule has 20 heavy (non-hydrogen) atoms. The largest absolute Gasteiger partial charge is 0.396 e. The Balaban J connectivity index is 4.75. The summed E-state index contributed by atoms with van der Waals surface area (Å²) in [5, 5.41) is 18.1. The van der Waals surface area contributed by atoms with Gasteiger partial charge in [-0.1, -0.05) is 0 Å². The van der Waals surface area contributed by atoms with Crippen molar-refractivity contribution in [2.24, 2.45) is 5.73 Å². The molecule has 0 saturated carbocycles. The van der Waals surface area contributed by atoms with E-state index in [1.807, 2.05) is 6.92 Å². The molecule has 1 atom stereocenters. The van der Waals surface area contributed by atoms with Gasteiger partial charge in [-0.3, -0.25) is 0 Å². The molecule has 0 aromatic heterocycles. The molecule has 0 bridgehead atoms. The zero-order valence-electron chi connectivity index (χ0n) is 13.4. The van der Waals surface area contributed by atoms with Crippen LogP contribution in [-0.4, -0.2) is 50.7 Å². The summed E-state index contributed by atoms with van der Waals surface area (Å²) in [4.78, 5) is 0. The standard InChI is InChI=1S/C14H33NO4Si/c1-4-18-20(3,13-7-10-15)19-14(2,8-5-11-16)9-6-12-17/h16-17H,4-13,15H2,1-3H3. The van der Waals surface area contributed by atoms with Crippen molar-refractivity contribution >= 4 is 8.56 Å². The van der Waals surface area contributed by atoms with Crippen molar-refractivity contribution in [1.82, 2.24) is 0 Å². The van der Waals surface area contributed by atoms with Crippen molar-refractivity contribution < 1.29 is 19.1 Å². The second-order valence-corrected chi connectivity index (χ2v) is 8.93. The highest BCUT2D eigenvalue weighted by atomic mass is 28.4. The first-order chi connectivity index (χ1) is 9.45. The van der Waals surface area contributed by atoms with Crippen LogP contribution >= 0.6 is 0 Å². The number of hydrogen-bond donors (Lipinski definition) is 3. The maximum atomic E-state index is 9.06. The molecule has 0 saturated heterocycles. The predicted octanol–water partition coefficient (Wildman–Crippen LogP) is 1.76. The molecule has 6 heteroatoms. The molecule has 1 unspecified atom stereocenters. The lowest BCUT2D eigenvalue weighted by Crippen LogP contribution is -2.48. The second kappa shape index (κ2) is 10.7. The third-order valence-electron chi connectivity index (χ3n) is 3.47. The van der Waals surface area contributed by atoms with Crippen LogP contribution in [0.15, 0.2) is 0 Å². The summed E-state index contributed by atoms with van der Waals surface area (Å²) in [7, 11) is -2.25. The lowest BCUT2D eigenvalue weighted by molar-refractivity contribution is 0.0133. The fourth-order valence-corrected chi connectivity index (χ4v) is 5.54. The topological polar surface area (TPSA) is 84.9 Å².